The topological polar surface area (TPSA) is 64.3 Å². The Hall–Kier alpha value is -1.36. The van der Waals surface area contributed by atoms with Crippen molar-refractivity contribution in [2.75, 3.05) is 36.7 Å². The lowest BCUT2D eigenvalue weighted by Crippen LogP contribution is -2.10. The molecule has 0 atom stereocenters. The molecule has 106 valence electrons. The number of nitrogens with two attached hydrogens (primary N) is 1. The van der Waals surface area contributed by atoms with Crippen LogP contribution in [0.2, 0.25) is 0 Å². The summed E-state index contributed by atoms with van der Waals surface area (Å²) in [5.41, 5.74) is 7.53. The third-order valence-electron chi connectivity index (χ3n) is 2.79. The fourth-order valence-corrected chi connectivity index (χ4v) is 2.26. The van der Waals surface area contributed by atoms with E-state index in [1.165, 1.54) is 25.7 Å². The average molecular weight is 282 g/mol. The Balaban J connectivity index is 2.50. The maximum atomic E-state index is 11.6. The van der Waals surface area contributed by atoms with Gasteiger partial charge in [0.15, 0.2) is 0 Å². The Morgan fingerprint density at radius 3 is 2.84 bits per heavy atom. The molecule has 0 fully saturated rings. The van der Waals surface area contributed by atoms with Crippen LogP contribution >= 0.6 is 11.8 Å². The summed E-state index contributed by atoms with van der Waals surface area (Å²) in [6, 6.07) is 5.24. The van der Waals surface area contributed by atoms with Crippen LogP contribution in [0.5, 0.6) is 0 Å². The van der Waals surface area contributed by atoms with Gasteiger partial charge in [-0.2, -0.15) is 11.8 Å². The Morgan fingerprint density at radius 1 is 1.37 bits per heavy atom. The molecular weight excluding hydrogens is 260 g/mol. The van der Waals surface area contributed by atoms with Crippen LogP contribution in [0.4, 0.5) is 11.4 Å². The molecule has 0 unspecified atom stereocenters. The minimum absolute atomic E-state index is 0.364. The number of hydrogen-bond donors (Lipinski definition) is 2. The number of esters is 1. The number of thioether (sulfide) groups is 1. The Morgan fingerprint density at radius 2 is 2.16 bits per heavy atom. The normalized spacial score (nSPS) is 10.2. The number of nitrogens with one attached hydrogen (secondary N) is 1. The SMILES string of the molecule is COC(=O)c1cc(N)ccc1NCCCCCSC. The van der Waals surface area contributed by atoms with E-state index in [1.807, 2.05) is 17.8 Å². The lowest BCUT2D eigenvalue weighted by Gasteiger charge is -2.11. The molecule has 0 aromatic heterocycles. The molecule has 0 amide bonds. The zero-order chi connectivity index (χ0) is 14.1. The molecule has 19 heavy (non-hydrogen) atoms. The molecule has 5 heteroatoms. The highest BCUT2D eigenvalue weighted by Crippen LogP contribution is 2.20. The first kappa shape index (κ1) is 15.7. The number of unbranched alkanes of at least 4 members (excludes halogenated alkanes) is 2. The third kappa shape index (κ3) is 5.42. The zero-order valence-corrected chi connectivity index (χ0v) is 12.4. The molecule has 0 saturated heterocycles. The van der Waals surface area contributed by atoms with Crippen LogP contribution in [-0.4, -0.2) is 31.6 Å². The largest absolute Gasteiger partial charge is 0.465 e. The van der Waals surface area contributed by atoms with Crippen LogP contribution in [-0.2, 0) is 4.74 Å². The summed E-state index contributed by atoms with van der Waals surface area (Å²) in [6.45, 7) is 0.849. The van der Waals surface area contributed by atoms with Crippen molar-refractivity contribution in [3.63, 3.8) is 0 Å². The smallest absolute Gasteiger partial charge is 0.340 e. The molecular formula is C14H22N2O2S. The monoisotopic (exact) mass is 282 g/mol. The highest BCUT2D eigenvalue weighted by atomic mass is 32.2. The summed E-state index contributed by atoms with van der Waals surface area (Å²) < 4.78 is 4.75. The number of carbonyl (C=O) groups is 1. The predicted molar refractivity (Wildman–Crippen MR) is 82.9 cm³/mol. The van der Waals surface area contributed by atoms with Crippen LogP contribution in [0, 0.1) is 0 Å². The van der Waals surface area contributed by atoms with E-state index in [1.54, 1.807) is 12.1 Å². The van der Waals surface area contributed by atoms with E-state index in [-0.39, 0.29) is 5.97 Å². The highest BCUT2D eigenvalue weighted by molar-refractivity contribution is 7.98. The first-order chi connectivity index (χ1) is 9.19. The summed E-state index contributed by atoms with van der Waals surface area (Å²) in [5.74, 6) is 0.840. The summed E-state index contributed by atoms with van der Waals surface area (Å²) in [6.07, 6.45) is 5.63. The Bertz CT molecular complexity index is 410. The van der Waals surface area contributed by atoms with Gasteiger partial charge in [0.2, 0.25) is 0 Å². The maximum absolute atomic E-state index is 11.6. The average Bonchev–Trinajstić information content (AvgIpc) is 2.43. The van der Waals surface area contributed by atoms with Gasteiger partial charge in [0, 0.05) is 17.9 Å². The van der Waals surface area contributed by atoms with Gasteiger partial charge in [-0.3, -0.25) is 0 Å². The fraction of sp³-hybridized carbons (Fsp3) is 0.500. The summed E-state index contributed by atoms with van der Waals surface area (Å²) >= 11 is 1.87. The van der Waals surface area contributed by atoms with Crippen molar-refractivity contribution in [3.05, 3.63) is 23.8 Å². The number of rotatable bonds is 8. The van der Waals surface area contributed by atoms with Crippen molar-refractivity contribution in [1.29, 1.82) is 0 Å². The zero-order valence-electron chi connectivity index (χ0n) is 11.6. The standard InChI is InChI=1S/C14H22N2O2S/c1-18-14(17)12-10-11(15)6-7-13(12)16-8-4-3-5-9-19-2/h6-7,10,16H,3-5,8-9,15H2,1-2H3. The van der Waals surface area contributed by atoms with Gasteiger partial charge < -0.3 is 15.8 Å². The molecule has 1 aromatic carbocycles. The van der Waals surface area contributed by atoms with Crippen molar-refractivity contribution in [3.8, 4) is 0 Å². The van der Waals surface area contributed by atoms with Crippen molar-refractivity contribution in [2.24, 2.45) is 0 Å². The molecule has 4 nitrogen and oxygen atoms in total. The third-order valence-corrected chi connectivity index (χ3v) is 3.49. The van der Waals surface area contributed by atoms with Gasteiger partial charge in [0.1, 0.15) is 0 Å². The number of methoxy groups -OCH3 is 1. The molecule has 0 bridgehead atoms. The van der Waals surface area contributed by atoms with Gasteiger partial charge in [-0.25, -0.2) is 4.79 Å². The van der Waals surface area contributed by atoms with Gasteiger partial charge in [0.25, 0.3) is 0 Å². The molecule has 1 aromatic rings. The molecule has 0 aliphatic carbocycles. The molecule has 1 rings (SSSR count). The van der Waals surface area contributed by atoms with E-state index in [0.717, 1.165) is 18.7 Å². The summed E-state index contributed by atoms with van der Waals surface area (Å²) in [4.78, 5) is 11.6. The minimum Gasteiger partial charge on any atom is -0.465 e. The second-order valence-corrected chi connectivity index (χ2v) is 5.26. The van der Waals surface area contributed by atoms with Crippen LogP contribution in [0.3, 0.4) is 0 Å². The molecule has 0 radical (unpaired) electrons. The van der Waals surface area contributed by atoms with E-state index in [0.29, 0.717) is 11.3 Å². The first-order valence-corrected chi connectivity index (χ1v) is 7.79. The molecule has 0 heterocycles. The van der Waals surface area contributed by atoms with Gasteiger partial charge in [-0.05, 0) is 43.0 Å². The maximum Gasteiger partial charge on any atom is 0.340 e. The van der Waals surface area contributed by atoms with Crippen LogP contribution in [0.25, 0.3) is 0 Å². The molecule has 0 aliphatic heterocycles. The van der Waals surface area contributed by atoms with Gasteiger partial charge in [0.05, 0.1) is 12.7 Å². The van der Waals surface area contributed by atoms with Crippen LogP contribution < -0.4 is 11.1 Å². The predicted octanol–water partition coefficient (Wildman–Crippen LogP) is 3.00. The first-order valence-electron chi connectivity index (χ1n) is 6.39. The lowest BCUT2D eigenvalue weighted by molar-refractivity contribution is 0.0602. The second-order valence-electron chi connectivity index (χ2n) is 4.28. The number of benzene rings is 1. The summed E-state index contributed by atoms with van der Waals surface area (Å²) in [7, 11) is 1.37. The van der Waals surface area contributed by atoms with Crippen LogP contribution in [0.15, 0.2) is 18.2 Å². The van der Waals surface area contributed by atoms with Gasteiger partial charge in [-0.15, -0.1) is 0 Å². The minimum atomic E-state index is -0.364. The van der Waals surface area contributed by atoms with Crippen LogP contribution in [0.1, 0.15) is 29.6 Å². The Labute approximate surface area is 119 Å². The number of carbonyl (C=O) groups excluding carboxylic acids is 1. The molecule has 0 saturated carbocycles. The quantitative estimate of drug-likeness (QED) is 0.436. The number of nitrogen functional groups attached to an aromatic ring is 1. The van der Waals surface area contributed by atoms with Crippen molar-refractivity contribution in [1.82, 2.24) is 0 Å². The molecule has 3 N–H and O–H groups in total. The van der Waals surface area contributed by atoms with Gasteiger partial charge in [-0.1, -0.05) is 6.42 Å². The number of anilines is 2. The van der Waals surface area contributed by atoms with E-state index >= 15 is 0 Å². The second kappa shape index (κ2) is 8.69. The van der Waals surface area contributed by atoms with E-state index < -0.39 is 0 Å². The number of hydrogen-bond acceptors (Lipinski definition) is 5. The van der Waals surface area contributed by atoms with Crippen molar-refractivity contribution < 1.29 is 9.53 Å². The fourth-order valence-electron chi connectivity index (χ4n) is 1.77. The van der Waals surface area contributed by atoms with E-state index in [2.05, 4.69) is 11.6 Å². The van der Waals surface area contributed by atoms with Gasteiger partial charge >= 0.3 is 5.97 Å². The number of ether oxygens (including phenoxy) is 1. The van der Waals surface area contributed by atoms with Crippen molar-refractivity contribution >= 4 is 29.1 Å². The molecule has 0 spiro atoms. The molecule has 0 aliphatic rings. The van der Waals surface area contributed by atoms with E-state index in [4.69, 9.17) is 10.5 Å². The van der Waals surface area contributed by atoms with Crippen molar-refractivity contribution in [2.45, 2.75) is 19.3 Å². The Kier molecular flexibility index (Phi) is 7.18. The summed E-state index contributed by atoms with van der Waals surface area (Å²) in [5, 5.41) is 3.27. The van der Waals surface area contributed by atoms with E-state index in [9.17, 15) is 4.79 Å². The highest BCUT2D eigenvalue weighted by Gasteiger charge is 2.11. The lowest BCUT2D eigenvalue weighted by atomic mass is 10.1.